The number of fused-ring (bicyclic) bond motifs is 1. The highest BCUT2D eigenvalue weighted by atomic mass is 16.2. The molecule has 1 amide bonds. The molecule has 1 aliphatic heterocycles. The Kier molecular flexibility index (Phi) is 3.50. The zero-order valence-electron chi connectivity index (χ0n) is 11.3. The number of amides is 1. The first-order valence-electron chi connectivity index (χ1n) is 7.00. The highest BCUT2D eigenvalue weighted by Crippen LogP contribution is 2.11. The third-order valence-corrected chi connectivity index (χ3v) is 3.70. The molecular weight excluding hydrogens is 254 g/mol. The molecule has 20 heavy (non-hydrogen) atoms. The molecule has 0 unspecified atom stereocenters. The third kappa shape index (κ3) is 2.57. The number of benzene rings is 1. The van der Waals surface area contributed by atoms with Crippen LogP contribution in [0.1, 0.15) is 25.1 Å². The lowest BCUT2D eigenvalue weighted by Gasteiger charge is -2.14. The van der Waals surface area contributed by atoms with Crippen LogP contribution < -0.4 is 5.56 Å². The molecule has 2 heterocycles. The molecule has 0 atom stereocenters. The van der Waals surface area contributed by atoms with Crippen LogP contribution in [0.25, 0.3) is 10.9 Å². The van der Waals surface area contributed by atoms with Crippen molar-refractivity contribution in [2.45, 2.75) is 25.7 Å². The summed E-state index contributed by atoms with van der Waals surface area (Å²) in [6.45, 7) is 1.72. The Labute approximate surface area is 116 Å². The maximum Gasteiger partial charge on any atom is 0.258 e. The predicted molar refractivity (Wildman–Crippen MR) is 76.5 cm³/mol. The fourth-order valence-electron chi connectivity index (χ4n) is 2.60. The number of para-hydroxylation sites is 1. The molecule has 104 valence electrons. The summed E-state index contributed by atoms with van der Waals surface area (Å²) in [7, 11) is 0. The van der Waals surface area contributed by atoms with Crippen LogP contribution in [0.15, 0.2) is 29.1 Å². The number of aromatic amines is 1. The number of likely N-dealkylation sites (tertiary alicyclic amines) is 1. The van der Waals surface area contributed by atoms with E-state index in [4.69, 9.17) is 0 Å². The average molecular weight is 271 g/mol. The topological polar surface area (TPSA) is 66.1 Å². The van der Waals surface area contributed by atoms with E-state index in [2.05, 4.69) is 9.97 Å². The Bertz CT molecular complexity index is 687. The van der Waals surface area contributed by atoms with E-state index in [1.165, 1.54) is 0 Å². The summed E-state index contributed by atoms with van der Waals surface area (Å²) in [4.78, 5) is 32.9. The molecule has 0 bridgehead atoms. The van der Waals surface area contributed by atoms with Gasteiger partial charge in [0.25, 0.3) is 5.56 Å². The second kappa shape index (κ2) is 5.45. The number of rotatable bonds is 3. The van der Waals surface area contributed by atoms with Crippen molar-refractivity contribution >= 4 is 16.8 Å². The van der Waals surface area contributed by atoms with Crippen molar-refractivity contribution in [3.63, 3.8) is 0 Å². The molecule has 1 fully saturated rings. The highest BCUT2D eigenvalue weighted by molar-refractivity contribution is 5.78. The first-order chi connectivity index (χ1) is 9.74. The SMILES string of the molecule is O=C(CCc1nc2ccccc2c(=O)[nH]1)N1CCCC1. The molecule has 0 radical (unpaired) electrons. The zero-order chi connectivity index (χ0) is 13.9. The average Bonchev–Trinajstić information content (AvgIpc) is 2.99. The standard InChI is InChI=1S/C15H17N3O2/c19-14(18-9-3-4-10-18)8-7-13-16-12-6-2-1-5-11(12)15(20)17-13/h1-2,5-6H,3-4,7-10H2,(H,16,17,20). The number of aromatic nitrogens is 2. The van der Waals surface area contributed by atoms with Gasteiger partial charge in [-0.15, -0.1) is 0 Å². The number of nitrogens with one attached hydrogen (secondary N) is 1. The maximum absolute atomic E-state index is 12.0. The smallest absolute Gasteiger partial charge is 0.258 e. The largest absolute Gasteiger partial charge is 0.343 e. The zero-order valence-corrected chi connectivity index (χ0v) is 11.3. The molecule has 1 N–H and O–H groups in total. The quantitative estimate of drug-likeness (QED) is 0.919. The second-order valence-corrected chi connectivity index (χ2v) is 5.12. The van der Waals surface area contributed by atoms with Crippen molar-refractivity contribution < 1.29 is 4.79 Å². The number of hydrogen-bond donors (Lipinski definition) is 1. The van der Waals surface area contributed by atoms with E-state index >= 15 is 0 Å². The number of carbonyl (C=O) groups excluding carboxylic acids is 1. The van der Waals surface area contributed by atoms with E-state index in [-0.39, 0.29) is 11.5 Å². The van der Waals surface area contributed by atoms with Crippen LogP contribution in [0.5, 0.6) is 0 Å². The molecule has 5 heteroatoms. The van der Waals surface area contributed by atoms with E-state index in [1.807, 2.05) is 23.1 Å². The third-order valence-electron chi connectivity index (χ3n) is 3.70. The molecule has 3 rings (SSSR count). The summed E-state index contributed by atoms with van der Waals surface area (Å²) in [6.07, 6.45) is 3.07. The van der Waals surface area contributed by atoms with Gasteiger partial charge in [0.1, 0.15) is 5.82 Å². The molecule has 5 nitrogen and oxygen atoms in total. The maximum atomic E-state index is 12.0. The summed E-state index contributed by atoms with van der Waals surface area (Å²) in [5, 5.41) is 0.585. The summed E-state index contributed by atoms with van der Waals surface area (Å²) in [5.41, 5.74) is 0.541. The van der Waals surface area contributed by atoms with Crippen LogP contribution in [0.2, 0.25) is 0 Å². The Hall–Kier alpha value is -2.17. The Morgan fingerprint density at radius 3 is 2.80 bits per heavy atom. The van der Waals surface area contributed by atoms with Crippen LogP contribution in [-0.2, 0) is 11.2 Å². The van der Waals surface area contributed by atoms with E-state index < -0.39 is 0 Å². The van der Waals surface area contributed by atoms with Crippen molar-refractivity contribution in [3.8, 4) is 0 Å². The first kappa shape index (κ1) is 12.8. The molecule has 1 aromatic heterocycles. The van der Waals surface area contributed by atoms with Crippen molar-refractivity contribution in [2.24, 2.45) is 0 Å². The summed E-state index contributed by atoms with van der Waals surface area (Å²) in [6, 6.07) is 7.24. The number of aryl methyl sites for hydroxylation is 1. The lowest BCUT2D eigenvalue weighted by molar-refractivity contribution is -0.130. The van der Waals surface area contributed by atoms with E-state index in [0.29, 0.717) is 29.6 Å². The fourth-order valence-corrected chi connectivity index (χ4v) is 2.60. The van der Waals surface area contributed by atoms with Gasteiger partial charge in [0.05, 0.1) is 10.9 Å². The van der Waals surface area contributed by atoms with Crippen LogP contribution in [0.3, 0.4) is 0 Å². The van der Waals surface area contributed by atoms with Gasteiger partial charge < -0.3 is 9.88 Å². The molecular formula is C15H17N3O2. The van der Waals surface area contributed by atoms with Crippen LogP contribution in [-0.4, -0.2) is 33.9 Å². The van der Waals surface area contributed by atoms with Crippen molar-refractivity contribution in [1.82, 2.24) is 14.9 Å². The van der Waals surface area contributed by atoms with Gasteiger partial charge in [-0.2, -0.15) is 0 Å². The minimum absolute atomic E-state index is 0.140. The minimum Gasteiger partial charge on any atom is -0.343 e. The Balaban J connectivity index is 1.74. The van der Waals surface area contributed by atoms with Crippen molar-refractivity contribution in [3.05, 3.63) is 40.4 Å². The number of H-pyrrole nitrogens is 1. The summed E-state index contributed by atoms with van der Waals surface area (Å²) in [5.74, 6) is 0.736. The molecule has 1 saturated heterocycles. The van der Waals surface area contributed by atoms with Crippen LogP contribution >= 0.6 is 0 Å². The van der Waals surface area contributed by atoms with Gasteiger partial charge >= 0.3 is 0 Å². The molecule has 0 saturated carbocycles. The summed E-state index contributed by atoms with van der Waals surface area (Å²) >= 11 is 0. The van der Waals surface area contributed by atoms with E-state index in [1.54, 1.807) is 6.07 Å². The van der Waals surface area contributed by atoms with Gasteiger partial charge in [-0.1, -0.05) is 12.1 Å². The first-order valence-corrected chi connectivity index (χ1v) is 7.00. The lowest BCUT2D eigenvalue weighted by Crippen LogP contribution is -2.28. The molecule has 2 aromatic rings. The van der Waals surface area contributed by atoms with Crippen LogP contribution in [0, 0.1) is 0 Å². The molecule has 1 aliphatic rings. The van der Waals surface area contributed by atoms with Crippen molar-refractivity contribution in [2.75, 3.05) is 13.1 Å². The lowest BCUT2D eigenvalue weighted by atomic mass is 10.2. The highest BCUT2D eigenvalue weighted by Gasteiger charge is 2.17. The van der Waals surface area contributed by atoms with Gasteiger partial charge in [0.2, 0.25) is 5.91 Å². The van der Waals surface area contributed by atoms with Crippen LogP contribution in [0.4, 0.5) is 0 Å². The predicted octanol–water partition coefficient (Wildman–Crippen LogP) is 1.48. The fraction of sp³-hybridized carbons (Fsp3) is 0.400. The van der Waals surface area contributed by atoms with Gasteiger partial charge in [-0.25, -0.2) is 4.98 Å². The number of nitrogens with zero attached hydrogens (tertiary/aromatic N) is 2. The van der Waals surface area contributed by atoms with Gasteiger partial charge in [-0.3, -0.25) is 9.59 Å². The monoisotopic (exact) mass is 271 g/mol. The summed E-state index contributed by atoms with van der Waals surface area (Å²) < 4.78 is 0. The molecule has 1 aromatic carbocycles. The van der Waals surface area contributed by atoms with E-state index in [0.717, 1.165) is 25.9 Å². The van der Waals surface area contributed by atoms with E-state index in [9.17, 15) is 9.59 Å². The minimum atomic E-state index is -0.140. The molecule has 0 aliphatic carbocycles. The molecule has 0 spiro atoms. The van der Waals surface area contributed by atoms with Gasteiger partial charge in [0, 0.05) is 25.9 Å². The van der Waals surface area contributed by atoms with Crippen molar-refractivity contribution in [1.29, 1.82) is 0 Å². The number of carbonyl (C=O) groups is 1. The normalized spacial score (nSPS) is 14.9. The second-order valence-electron chi connectivity index (χ2n) is 5.12. The Morgan fingerprint density at radius 2 is 2.00 bits per heavy atom. The van der Waals surface area contributed by atoms with Gasteiger partial charge in [0.15, 0.2) is 0 Å². The number of hydrogen-bond acceptors (Lipinski definition) is 3. The Morgan fingerprint density at radius 1 is 1.25 bits per heavy atom. The van der Waals surface area contributed by atoms with Gasteiger partial charge in [-0.05, 0) is 25.0 Å².